The van der Waals surface area contributed by atoms with Gasteiger partial charge < -0.3 is 34.6 Å². The van der Waals surface area contributed by atoms with Gasteiger partial charge in [0.05, 0.1) is 20.3 Å². The number of hydrogen-bond acceptors (Lipinski definition) is 7. The van der Waals surface area contributed by atoms with Crippen molar-refractivity contribution in [3.63, 3.8) is 0 Å². The molecular weight excluding hydrogens is 316 g/mol. The average molecular weight is 342 g/mol. The van der Waals surface area contributed by atoms with Gasteiger partial charge in [-0.3, -0.25) is 0 Å². The molecule has 5 atom stereocenters. The Morgan fingerprint density at radius 3 is 2.21 bits per heavy atom. The van der Waals surface area contributed by atoms with Crippen LogP contribution in [0.2, 0.25) is 0 Å². The number of benzene rings is 1. The fourth-order valence-corrected chi connectivity index (χ4v) is 2.62. The molecule has 7 heteroatoms. The fourth-order valence-electron chi connectivity index (χ4n) is 2.62. The minimum atomic E-state index is -1.44. The normalized spacial score (nSPS) is 31.0. The zero-order valence-corrected chi connectivity index (χ0v) is 14.1. The summed E-state index contributed by atoms with van der Waals surface area (Å²) in [6, 6.07) is 7.56. The van der Waals surface area contributed by atoms with Crippen molar-refractivity contribution in [2.45, 2.75) is 50.0 Å². The zero-order valence-electron chi connectivity index (χ0n) is 14.1. The van der Waals surface area contributed by atoms with E-state index in [0.29, 0.717) is 0 Å². The summed E-state index contributed by atoms with van der Waals surface area (Å²) in [4.78, 5) is 0. The molecule has 1 saturated heterocycles. The molecule has 2 rings (SSSR count). The molecule has 1 aliphatic rings. The second kappa shape index (κ2) is 7.77. The molecule has 24 heavy (non-hydrogen) atoms. The number of methoxy groups -OCH3 is 1. The maximum absolute atomic E-state index is 10.00. The second-order valence-electron chi connectivity index (χ2n) is 6.62. The lowest BCUT2D eigenvalue weighted by Crippen LogP contribution is -2.59. The van der Waals surface area contributed by atoms with Gasteiger partial charge in [0.2, 0.25) is 0 Å². The molecule has 1 aromatic rings. The molecule has 4 N–H and O–H groups in total. The van der Waals surface area contributed by atoms with E-state index >= 15 is 0 Å². The summed E-state index contributed by atoms with van der Waals surface area (Å²) in [7, 11) is 1.60. The van der Waals surface area contributed by atoms with Crippen molar-refractivity contribution in [3.8, 4) is 5.75 Å². The summed E-state index contributed by atoms with van der Waals surface area (Å²) in [5, 5.41) is 38.7. The number of aliphatic hydroxyl groups excluding tert-OH is 4. The lowest BCUT2D eigenvalue weighted by Gasteiger charge is -2.40. The Kier molecular flexibility index (Phi) is 6.19. The van der Waals surface area contributed by atoms with Crippen LogP contribution >= 0.6 is 0 Å². The maximum atomic E-state index is 10.00. The molecule has 0 spiro atoms. The van der Waals surface area contributed by atoms with E-state index in [1.165, 1.54) is 0 Å². The maximum Gasteiger partial charge on any atom is 0.186 e. The van der Waals surface area contributed by atoms with E-state index in [0.717, 1.165) is 11.3 Å². The quantitative estimate of drug-likeness (QED) is 0.566. The fraction of sp³-hybridized carbons (Fsp3) is 0.647. The molecule has 1 heterocycles. The SMILES string of the molecule is COc1ccc(C(C)(C)CO[C@@H]2O[C@H](CO)[C@@H](O)[C@H](O)[C@H]2O)cc1. The van der Waals surface area contributed by atoms with Gasteiger partial charge in [-0.1, -0.05) is 26.0 Å². The summed E-state index contributed by atoms with van der Waals surface area (Å²) in [5.41, 5.74) is 0.623. The number of aliphatic hydroxyl groups is 4. The average Bonchev–Trinajstić information content (AvgIpc) is 2.59. The van der Waals surface area contributed by atoms with Gasteiger partial charge >= 0.3 is 0 Å². The van der Waals surface area contributed by atoms with Crippen molar-refractivity contribution in [1.82, 2.24) is 0 Å². The van der Waals surface area contributed by atoms with Crippen LogP contribution in [0, 0.1) is 0 Å². The Hall–Kier alpha value is -1.22. The molecule has 136 valence electrons. The van der Waals surface area contributed by atoms with Crippen molar-refractivity contribution in [2.24, 2.45) is 0 Å². The highest BCUT2D eigenvalue weighted by molar-refractivity contribution is 5.31. The van der Waals surface area contributed by atoms with Crippen LogP contribution in [-0.2, 0) is 14.9 Å². The first kappa shape index (κ1) is 19.1. The number of ether oxygens (including phenoxy) is 3. The minimum absolute atomic E-state index is 0.210. The lowest BCUT2D eigenvalue weighted by molar-refractivity contribution is -0.303. The van der Waals surface area contributed by atoms with E-state index < -0.39 is 37.3 Å². The van der Waals surface area contributed by atoms with Gasteiger partial charge in [-0.05, 0) is 17.7 Å². The number of hydrogen-bond donors (Lipinski definition) is 4. The van der Waals surface area contributed by atoms with Crippen molar-refractivity contribution in [3.05, 3.63) is 29.8 Å². The Morgan fingerprint density at radius 1 is 1.04 bits per heavy atom. The molecule has 1 fully saturated rings. The van der Waals surface area contributed by atoms with Crippen molar-refractivity contribution in [1.29, 1.82) is 0 Å². The van der Waals surface area contributed by atoms with Crippen LogP contribution in [0.15, 0.2) is 24.3 Å². The molecule has 0 aromatic heterocycles. The predicted octanol–water partition coefficient (Wildman–Crippen LogP) is -0.211. The third kappa shape index (κ3) is 4.05. The van der Waals surface area contributed by atoms with E-state index in [4.69, 9.17) is 14.2 Å². The van der Waals surface area contributed by atoms with E-state index in [2.05, 4.69) is 0 Å². The summed E-state index contributed by atoms with van der Waals surface area (Å²) in [6.45, 7) is 3.67. The third-order valence-corrected chi connectivity index (χ3v) is 4.33. The first-order valence-corrected chi connectivity index (χ1v) is 7.87. The molecule has 0 radical (unpaired) electrons. The highest BCUT2D eigenvalue weighted by Gasteiger charge is 2.44. The van der Waals surface area contributed by atoms with Gasteiger partial charge in [0.25, 0.3) is 0 Å². The van der Waals surface area contributed by atoms with E-state index in [-0.39, 0.29) is 12.0 Å². The second-order valence-corrected chi connectivity index (χ2v) is 6.62. The number of rotatable bonds is 6. The highest BCUT2D eigenvalue weighted by Crippen LogP contribution is 2.28. The highest BCUT2D eigenvalue weighted by atomic mass is 16.7. The molecule has 0 unspecified atom stereocenters. The standard InChI is InChI=1S/C17H26O7/c1-17(2,10-4-6-11(22-3)7-5-10)9-23-16-15(21)14(20)13(19)12(8-18)24-16/h4-7,12-16,18-21H,8-9H2,1-3H3/t12-,13-,14+,15-,16-/m1/s1. The van der Waals surface area contributed by atoms with E-state index in [9.17, 15) is 20.4 Å². The molecule has 0 aliphatic carbocycles. The Balaban J connectivity index is 2.02. The monoisotopic (exact) mass is 342 g/mol. The van der Waals surface area contributed by atoms with Crippen LogP contribution in [-0.4, -0.2) is 71.5 Å². The molecule has 1 aromatic carbocycles. The van der Waals surface area contributed by atoms with E-state index in [1.807, 2.05) is 38.1 Å². The Morgan fingerprint density at radius 2 is 1.67 bits per heavy atom. The van der Waals surface area contributed by atoms with Crippen LogP contribution in [0.3, 0.4) is 0 Å². The molecule has 1 aliphatic heterocycles. The van der Waals surface area contributed by atoms with Gasteiger partial charge in [0.1, 0.15) is 30.2 Å². The molecule has 0 saturated carbocycles. The summed E-state index contributed by atoms with van der Waals surface area (Å²) >= 11 is 0. The van der Waals surface area contributed by atoms with Crippen molar-refractivity contribution in [2.75, 3.05) is 20.3 Å². The molecule has 0 bridgehead atoms. The topological polar surface area (TPSA) is 109 Å². The lowest BCUT2D eigenvalue weighted by atomic mass is 9.85. The first-order chi connectivity index (χ1) is 11.3. The molecular formula is C17H26O7. The zero-order chi connectivity index (χ0) is 17.9. The first-order valence-electron chi connectivity index (χ1n) is 7.87. The predicted molar refractivity (Wildman–Crippen MR) is 85.7 cm³/mol. The van der Waals surface area contributed by atoms with Crippen LogP contribution < -0.4 is 4.74 Å². The van der Waals surface area contributed by atoms with Gasteiger partial charge in [0, 0.05) is 5.41 Å². The summed E-state index contributed by atoms with van der Waals surface area (Å²) in [6.07, 6.45) is -6.32. The smallest absolute Gasteiger partial charge is 0.186 e. The van der Waals surface area contributed by atoms with Crippen molar-refractivity contribution >= 4 is 0 Å². The van der Waals surface area contributed by atoms with Gasteiger partial charge in [0.15, 0.2) is 6.29 Å². The summed E-state index contributed by atoms with van der Waals surface area (Å²) in [5.74, 6) is 0.754. The minimum Gasteiger partial charge on any atom is -0.497 e. The molecule has 0 amide bonds. The van der Waals surface area contributed by atoms with Crippen molar-refractivity contribution < 1.29 is 34.6 Å². The Bertz CT molecular complexity index is 514. The van der Waals surface area contributed by atoms with E-state index in [1.54, 1.807) is 7.11 Å². The summed E-state index contributed by atoms with van der Waals surface area (Å²) < 4.78 is 16.1. The van der Waals surface area contributed by atoms with Crippen LogP contribution in [0.25, 0.3) is 0 Å². The van der Waals surface area contributed by atoms with Gasteiger partial charge in [-0.25, -0.2) is 0 Å². The molecule has 7 nitrogen and oxygen atoms in total. The van der Waals surface area contributed by atoms with Crippen LogP contribution in [0.5, 0.6) is 5.75 Å². The Labute approximate surface area is 141 Å². The van der Waals surface area contributed by atoms with Crippen LogP contribution in [0.1, 0.15) is 19.4 Å². The van der Waals surface area contributed by atoms with Gasteiger partial charge in [-0.15, -0.1) is 0 Å². The van der Waals surface area contributed by atoms with Gasteiger partial charge in [-0.2, -0.15) is 0 Å². The van der Waals surface area contributed by atoms with Crippen LogP contribution in [0.4, 0.5) is 0 Å². The third-order valence-electron chi connectivity index (χ3n) is 4.33. The largest absolute Gasteiger partial charge is 0.497 e.